The van der Waals surface area contributed by atoms with Crippen molar-refractivity contribution in [3.8, 4) is 0 Å². The van der Waals surface area contributed by atoms with Crippen molar-refractivity contribution in [1.82, 2.24) is 10.2 Å². The summed E-state index contributed by atoms with van der Waals surface area (Å²) in [6.07, 6.45) is 1.81. The van der Waals surface area contributed by atoms with Crippen LogP contribution in [0.5, 0.6) is 0 Å². The average Bonchev–Trinajstić information content (AvgIpc) is 2.38. The highest BCUT2D eigenvalue weighted by Gasteiger charge is 2.43. The predicted octanol–water partition coefficient (Wildman–Crippen LogP) is 2.01. The molecule has 2 aliphatic heterocycles. The van der Waals surface area contributed by atoms with Gasteiger partial charge in [0.25, 0.3) is 0 Å². The Hall–Kier alpha value is -0.810. The van der Waals surface area contributed by atoms with E-state index in [1.807, 2.05) is 25.7 Å². The maximum atomic E-state index is 12.5. The van der Waals surface area contributed by atoms with Crippen LogP contribution in [0.3, 0.4) is 0 Å². The summed E-state index contributed by atoms with van der Waals surface area (Å²) in [6, 6.07) is 0.190. The first-order valence-electron chi connectivity index (χ1n) is 7.60. The third-order valence-corrected chi connectivity index (χ3v) is 4.31. The van der Waals surface area contributed by atoms with Crippen molar-refractivity contribution in [2.24, 2.45) is 5.41 Å². The van der Waals surface area contributed by atoms with Gasteiger partial charge in [0.1, 0.15) is 5.60 Å². The van der Waals surface area contributed by atoms with Gasteiger partial charge in [-0.05, 0) is 39.0 Å². The van der Waals surface area contributed by atoms with E-state index in [4.69, 9.17) is 9.47 Å². The number of ether oxygens (including phenoxy) is 2. The van der Waals surface area contributed by atoms with Crippen LogP contribution in [0.15, 0.2) is 0 Å². The first kappa shape index (κ1) is 15.6. The van der Waals surface area contributed by atoms with Gasteiger partial charge in [0.2, 0.25) is 0 Å². The van der Waals surface area contributed by atoms with E-state index in [9.17, 15) is 4.79 Å². The molecule has 0 bridgehead atoms. The molecule has 1 atom stereocenters. The second-order valence-corrected chi connectivity index (χ2v) is 7.16. The van der Waals surface area contributed by atoms with E-state index >= 15 is 0 Å². The first-order valence-corrected chi connectivity index (χ1v) is 7.60. The fraction of sp³-hybridized carbons (Fsp3) is 0.933. The summed E-state index contributed by atoms with van der Waals surface area (Å²) in [7, 11) is 0. The standard InChI is InChI=1S/C15H28N2O3/c1-14(2,3)20-13(18)17-8-7-16-11-12(17)15(4)5-9-19-10-6-15/h12,16H,5-11H2,1-4H3. The molecule has 1 amide bonds. The molecule has 0 aromatic rings. The molecule has 0 saturated carbocycles. The summed E-state index contributed by atoms with van der Waals surface area (Å²) >= 11 is 0. The summed E-state index contributed by atoms with van der Waals surface area (Å²) in [5.74, 6) is 0. The van der Waals surface area contributed by atoms with Gasteiger partial charge in [0, 0.05) is 32.8 Å². The van der Waals surface area contributed by atoms with Crippen LogP contribution in [0.1, 0.15) is 40.5 Å². The van der Waals surface area contributed by atoms with E-state index in [-0.39, 0.29) is 17.6 Å². The fourth-order valence-corrected chi connectivity index (χ4v) is 3.04. The lowest BCUT2D eigenvalue weighted by molar-refractivity contribution is -0.0471. The zero-order valence-corrected chi connectivity index (χ0v) is 13.2. The van der Waals surface area contributed by atoms with Crippen molar-refractivity contribution in [1.29, 1.82) is 0 Å². The van der Waals surface area contributed by atoms with E-state index in [0.29, 0.717) is 0 Å². The highest BCUT2D eigenvalue weighted by molar-refractivity contribution is 5.69. The summed E-state index contributed by atoms with van der Waals surface area (Å²) < 4.78 is 11.0. The lowest BCUT2D eigenvalue weighted by Crippen LogP contribution is -2.61. The van der Waals surface area contributed by atoms with Gasteiger partial charge < -0.3 is 19.7 Å². The Balaban J connectivity index is 2.10. The Kier molecular flexibility index (Phi) is 4.59. The van der Waals surface area contributed by atoms with Gasteiger partial charge in [-0.1, -0.05) is 6.92 Å². The summed E-state index contributed by atoms with van der Waals surface area (Å²) in [6.45, 7) is 12.0. The van der Waals surface area contributed by atoms with Crippen molar-refractivity contribution in [2.45, 2.75) is 52.2 Å². The Morgan fingerprint density at radius 2 is 2.00 bits per heavy atom. The number of carbonyl (C=O) groups excluding carboxylic acids is 1. The maximum absolute atomic E-state index is 12.5. The monoisotopic (exact) mass is 284 g/mol. The second kappa shape index (κ2) is 5.90. The van der Waals surface area contributed by atoms with Crippen molar-refractivity contribution < 1.29 is 14.3 Å². The molecule has 20 heavy (non-hydrogen) atoms. The minimum atomic E-state index is -0.441. The molecule has 1 N–H and O–H groups in total. The van der Waals surface area contributed by atoms with Crippen LogP contribution in [-0.4, -0.2) is 55.5 Å². The van der Waals surface area contributed by atoms with Crippen molar-refractivity contribution in [3.63, 3.8) is 0 Å². The van der Waals surface area contributed by atoms with Crippen LogP contribution >= 0.6 is 0 Å². The number of hydrogen-bond acceptors (Lipinski definition) is 4. The van der Waals surface area contributed by atoms with Crippen molar-refractivity contribution in [2.75, 3.05) is 32.8 Å². The van der Waals surface area contributed by atoms with Crippen LogP contribution < -0.4 is 5.32 Å². The molecule has 2 heterocycles. The number of amides is 1. The van der Waals surface area contributed by atoms with Crippen LogP contribution in [0.2, 0.25) is 0 Å². The number of nitrogens with zero attached hydrogens (tertiary/aromatic N) is 1. The molecule has 116 valence electrons. The third-order valence-electron chi connectivity index (χ3n) is 4.31. The average molecular weight is 284 g/mol. The zero-order valence-electron chi connectivity index (χ0n) is 13.2. The van der Waals surface area contributed by atoms with E-state index in [1.54, 1.807) is 0 Å². The van der Waals surface area contributed by atoms with Gasteiger partial charge in [0.15, 0.2) is 0 Å². The van der Waals surface area contributed by atoms with Crippen LogP contribution in [0.4, 0.5) is 4.79 Å². The summed E-state index contributed by atoms with van der Waals surface area (Å²) in [5.41, 5.74) is -0.328. The number of nitrogens with one attached hydrogen (secondary N) is 1. The largest absolute Gasteiger partial charge is 0.444 e. The molecule has 0 aromatic heterocycles. The number of rotatable bonds is 1. The van der Waals surface area contributed by atoms with Gasteiger partial charge in [-0.25, -0.2) is 4.79 Å². The fourth-order valence-electron chi connectivity index (χ4n) is 3.04. The topological polar surface area (TPSA) is 50.8 Å². The molecule has 2 saturated heterocycles. The minimum absolute atomic E-state index is 0.114. The summed E-state index contributed by atoms with van der Waals surface area (Å²) in [5, 5.41) is 3.41. The third kappa shape index (κ3) is 3.64. The number of carbonyl (C=O) groups is 1. The van der Waals surface area contributed by atoms with Crippen LogP contribution in [0.25, 0.3) is 0 Å². The Morgan fingerprint density at radius 3 is 2.60 bits per heavy atom. The van der Waals surface area contributed by atoms with E-state index < -0.39 is 5.60 Å². The molecule has 5 heteroatoms. The Labute approximate surface area is 122 Å². The van der Waals surface area contributed by atoms with Crippen LogP contribution in [-0.2, 0) is 9.47 Å². The van der Waals surface area contributed by atoms with Gasteiger partial charge in [-0.3, -0.25) is 0 Å². The van der Waals surface area contributed by atoms with E-state index in [1.165, 1.54) is 0 Å². The highest BCUT2D eigenvalue weighted by atomic mass is 16.6. The van der Waals surface area contributed by atoms with Crippen molar-refractivity contribution in [3.05, 3.63) is 0 Å². The lowest BCUT2D eigenvalue weighted by atomic mass is 9.74. The minimum Gasteiger partial charge on any atom is -0.444 e. The van der Waals surface area contributed by atoms with Gasteiger partial charge in [-0.2, -0.15) is 0 Å². The molecular formula is C15H28N2O3. The molecule has 0 aromatic carbocycles. The molecule has 1 unspecified atom stereocenters. The van der Waals surface area contributed by atoms with E-state index in [0.717, 1.165) is 45.7 Å². The molecule has 5 nitrogen and oxygen atoms in total. The number of piperazine rings is 1. The predicted molar refractivity (Wildman–Crippen MR) is 77.8 cm³/mol. The quantitative estimate of drug-likeness (QED) is 0.800. The molecular weight excluding hydrogens is 256 g/mol. The second-order valence-electron chi connectivity index (χ2n) is 7.16. The summed E-state index contributed by atoms with van der Waals surface area (Å²) in [4.78, 5) is 14.4. The Bertz CT molecular complexity index is 346. The molecule has 2 fully saturated rings. The van der Waals surface area contributed by atoms with Crippen LogP contribution in [0, 0.1) is 5.41 Å². The van der Waals surface area contributed by atoms with Gasteiger partial charge in [-0.15, -0.1) is 0 Å². The number of hydrogen-bond donors (Lipinski definition) is 1. The molecule has 0 radical (unpaired) electrons. The molecule has 0 spiro atoms. The lowest BCUT2D eigenvalue weighted by Gasteiger charge is -2.48. The van der Waals surface area contributed by atoms with E-state index in [2.05, 4.69) is 12.2 Å². The molecule has 2 rings (SSSR count). The highest BCUT2D eigenvalue weighted by Crippen LogP contribution is 2.37. The van der Waals surface area contributed by atoms with Gasteiger partial charge in [0.05, 0.1) is 6.04 Å². The van der Waals surface area contributed by atoms with Crippen molar-refractivity contribution >= 4 is 6.09 Å². The first-order chi connectivity index (χ1) is 9.32. The molecule has 2 aliphatic rings. The zero-order chi connectivity index (χ0) is 14.8. The maximum Gasteiger partial charge on any atom is 0.410 e. The van der Waals surface area contributed by atoms with Gasteiger partial charge >= 0.3 is 6.09 Å². The smallest absolute Gasteiger partial charge is 0.410 e. The Morgan fingerprint density at radius 1 is 1.35 bits per heavy atom. The molecule has 0 aliphatic carbocycles. The SMILES string of the molecule is CC(C)(C)OC(=O)N1CCNCC1C1(C)CCOCC1. The normalized spacial score (nSPS) is 27.2.